The zero-order valence-electron chi connectivity index (χ0n) is 17.7. The number of rotatable bonds is 8. The van der Waals surface area contributed by atoms with Crippen molar-refractivity contribution in [3.05, 3.63) is 59.2 Å². The van der Waals surface area contributed by atoms with Gasteiger partial charge in [0, 0.05) is 16.7 Å². The molecule has 0 aliphatic heterocycles. The van der Waals surface area contributed by atoms with E-state index in [1.165, 1.54) is 21.3 Å². The van der Waals surface area contributed by atoms with Crippen LogP contribution in [0.25, 0.3) is 11.3 Å². The average molecular weight is 421 g/mol. The number of carbonyl (C=O) groups is 1. The molecule has 0 unspecified atom stereocenters. The number of aldehydes is 1. The molecule has 0 saturated heterocycles. The number of benzene rings is 2. The van der Waals surface area contributed by atoms with Gasteiger partial charge in [0.1, 0.15) is 11.6 Å². The molecule has 0 aliphatic rings. The Morgan fingerprint density at radius 3 is 2.03 bits per heavy atom. The molecule has 0 atom stereocenters. The van der Waals surface area contributed by atoms with Gasteiger partial charge < -0.3 is 24.7 Å². The molecule has 3 aromatic rings. The molecule has 2 aromatic carbocycles. The van der Waals surface area contributed by atoms with Crippen molar-refractivity contribution >= 4 is 17.8 Å². The van der Waals surface area contributed by atoms with E-state index in [0.29, 0.717) is 46.1 Å². The molecule has 0 saturated carbocycles. The van der Waals surface area contributed by atoms with Crippen molar-refractivity contribution in [3.8, 4) is 34.3 Å². The first kappa shape index (κ1) is 21.6. The number of methoxy groups -OCH3 is 4. The summed E-state index contributed by atoms with van der Waals surface area (Å²) in [7, 11) is 6.10. The zero-order chi connectivity index (χ0) is 22.5. The molecular weight excluding hydrogens is 398 g/mol. The lowest BCUT2D eigenvalue weighted by molar-refractivity contribution is 0.112. The summed E-state index contributed by atoms with van der Waals surface area (Å²) in [5.41, 5.74) is 8.43. The van der Waals surface area contributed by atoms with Crippen molar-refractivity contribution in [2.45, 2.75) is 0 Å². The number of aromatic nitrogens is 1. The van der Waals surface area contributed by atoms with Crippen LogP contribution in [0.5, 0.6) is 23.0 Å². The highest BCUT2D eigenvalue weighted by atomic mass is 16.5. The number of nitrogens with two attached hydrogens (primary N) is 1. The molecule has 0 aliphatic carbocycles. The minimum Gasteiger partial charge on any atom is -0.497 e. The van der Waals surface area contributed by atoms with E-state index in [4.69, 9.17) is 30.1 Å². The molecule has 0 radical (unpaired) electrons. The van der Waals surface area contributed by atoms with Crippen molar-refractivity contribution in [2.24, 2.45) is 0 Å². The second kappa shape index (κ2) is 9.17. The van der Waals surface area contributed by atoms with Gasteiger partial charge in [0.05, 0.1) is 45.4 Å². The van der Waals surface area contributed by atoms with Crippen LogP contribution in [0.2, 0.25) is 0 Å². The molecule has 3 N–H and O–H groups in total. The topological polar surface area (TPSA) is 117 Å². The summed E-state index contributed by atoms with van der Waals surface area (Å²) < 4.78 is 21.3. The molecule has 1 heterocycles. The summed E-state index contributed by atoms with van der Waals surface area (Å²) in [6.45, 7) is 0. The molecule has 0 amide bonds. The number of carbonyl (C=O) groups excluding carboxylic acids is 1. The Kier molecular flexibility index (Phi) is 6.40. The van der Waals surface area contributed by atoms with Crippen LogP contribution in [0.1, 0.15) is 21.5 Å². The quantitative estimate of drug-likeness (QED) is 0.422. The van der Waals surface area contributed by atoms with Crippen LogP contribution in [-0.4, -0.2) is 45.4 Å². The molecular formula is C23H23N3O5. The third-order valence-electron chi connectivity index (χ3n) is 4.79. The van der Waals surface area contributed by atoms with Gasteiger partial charge >= 0.3 is 0 Å². The van der Waals surface area contributed by atoms with Gasteiger partial charge in [-0.1, -0.05) is 0 Å². The van der Waals surface area contributed by atoms with E-state index < -0.39 is 0 Å². The number of nitrogen functional groups attached to an aromatic ring is 1. The first-order chi connectivity index (χ1) is 15.0. The van der Waals surface area contributed by atoms with Crippen molar-refractivity contribution in [2.75, 3.05) is 34.2 Å². The molecule has 0 fully saturated rings. The molecule has 1 aromatic heterocycles. The molecule has 0 spiro atoms. The first-order valence-corrected chi connectivity index (χ1v) is 9.26. The van der Waals surface area contributed by atoms with Gasteiger partial charge in [-0.25, -0.2) is 4.98 Å². The lowest BCUT2D eigenvalue weighted by atomic mass is 9.97. The van der Waals surface area contributed by atoms with E-state index in [-0.39, 0.29) is 22.7 Å². The summed E-state index contributed by atoms with van der Waals surface area (Å²) in [6.07, 6.45) is 0.660. The predicted molar refractivity (Wildman–Crippen MR) is 118 cm³/mol. The highest BCUT2D eigenvalue weighted by Crippen LogP contribution is 2.41. The molecule has 160 valence electrons. The van der Waals surface area contributed by atoms with Crippen LogP contribution in [0.3, 0.4) is 0 Å². The van der Waals surface area contributed by atoms with Crippen LogP contribution in [-0.2, 0) is 0 Å². The van der Waals surface area contributed by atoms with E-state index in [2.05, 4.69) is 4.98 Å². The standard InChI is InChI=1S/C23H23N3O5/c1-28-16-7-5-13(6-8-16)21(24)20-15(12-27)9-17(26-23(20)25)14-10-18(29-2)22(31-4)19(11-14)30-3/h5-12,24H,1-4H3,(H2,25,26). The second-order valence-electron chi connectivity index (χ2n) is 6.49. The number of anilines is 1. The summed E-state index contributed by atoms with van der Waals surface area (Å²) in [4.78, 5) is 16.3. The third-order valence-corrected chi connectivity index (χ3v) is 4.79. The van der Waals surface area contributed by atoms with Crippen LogP contribution < -0.4 is 24.7 Å². The monoisotopic (exact) mass is 421 g/mol. The summed E-state index contributed by atoms with van der Waals surface area (Å²) in [5.74, 6) is 2.06. The van der Waals surface area contributed by atoms with E-state index in [1.807, 2.05) is 0 Å². The van der Waals surface area contributed by atoms with Crippen LogP contribution in [0.15, 0.2) is 42.5 Å². The second-order valence-corrected chi connectivity index (χ2v) is 6.49. The molecule has 8 nitrogen and oxygen atoms in total. The van der Waals surface area contributed by atoms with Crippen LogP contribution in [0, 0.1) is 5.41 Å². The Morgan fingerprint density at radius 1 is 0.935 bits per heavy atom. The third kappa shape index (κ3) is 4.13. The van der Waals surface area contributed by atoms with Crippen molar-refractivity contribution in [3.63, 3.8) is 0 Å². The minimum atomic E-state index is 0.0640. The number of nitrogens with zero attached hydrogens (tertiary/aromatic N) is 1. The van der Waals surface area contributed by atoms with Crippen LogP contribution in [0.4, 0.5) is 5.82 Å². The maximum absolute atomic E-state index is 11.9. The van der Waals surface area contributed by atoms with Crippen molar-refractivity contribution in [1.82, 2.24) is 4.98 Å². The lowest BCUT2D eigenvalue weighted by Crippen LogP contribution is -2.11. The van der Waals surface area contributed by atoms with E-state index in [9.17, 15) is 4.79 Å². The van der Waals surface area contributed by atoms with Gasteiger partial charge in [0.25, 0.3) is 0 Å². The van der Waals surface area contributed by atoms with Crippen molar-refractivity contribution in [1.29, 1.82) is 5.41 Å². The molecule has 8 heteroatoms. The average Bonchev–Trinajstić information content (AvgIpc) is 2.81. The number of nitrogens with one attached hydrogen (secondary N) is 1. The van der Waals surface area contributed by atoms with Crippen molar-refractivity contribution < 1.29 is 23.7 Å². The number of hydrogen-bond donors (Lipinski definition) is 2. The van der Waals surface area contributed by atoms with Gasteiger partial charge in [0.15, 0.2) is 17.8 Å². The maximum atomic E-state index is 11.9. The molecule has 31 heavy (non-hydrogen) atoms. The first-order valence-electron chi connectivity index (χ1n) is 9.26. The maximum Gasteiger partial charge on any atom is 0.203 e. The van der Waals surface area contributed by atoms with Gasteiger partial charge in [0.2, 0.25) is 5.75 Å². The van der Waals surface area contributed by atoms with Gasteiger partial charge in [-0.05, 0) is 42.5 Å². The van der Waals surface area contributed by atoms with Gasteiger partial charge in [-0.2, -0.15) is 0 Å². The SMILES string of the molecule is COc1ccc(C(=N)c2c(C=O)cc(-c3cc(OC)c(OC)c(OC)c3)nc2N)cc1. The Balaban J connectivity index is 2.11. The number of hydrogen-bond acceptors (Lipinski definition) is 8. The number of ether oxygens (including phenoxy) is 4. The lowest BCUT2D eigenvalue weighted by Gasteiger charge is -2.16. The summed E-state index contributed by atoms with van der Waals surface area (Å²) in [6, 6.07) is 11.9. The van der Waals surface area contributed by atoms with Gasteiger partial charge in [-0.3, -0.25) is 10.2 Å². The highest BCUT2D eigenvalue weighted by Gasteiger charge is 2.20. The minimum absolute atomic E-state index is 0.0640. The smallest absolute Gasteiger partial charge is 0.203 e. The van der Waals surface area contributed by atoms with E-state index >= 15 is 0 Å². The highest BCUT2D eigenvalue weighted by molar-refractivity contribution is 6.17. The summed E-state index contributed by atoms with van der Waals surface area (Å²) >= 11 is 0. The zero-order valence-corrected chi connectivity index (χ0v) is 17.7. The predicted octanol–water partition coefficient (Wildman–Crippen LogP) is 3.59. The fourth-order valence-corrected chi connectivity index (χ4v) is 3.23. The fourth-order valence-electron chi connectivity index (χ4n) is 3.23. The largest absolute Gasteiger partial charge is 0.497 e. The van der Waals surface area contributed by atoms with E-state index in [0.717, 1.165) is 0 Å². The Bertz CT molecular complexity index is 1100. The fraction of sp³-hybridized carbons (Fsp3) is 0.174. The van der Waals surface area contributed by atoms with E-state index in [1.54, 1.807) is 49.6 Å². The molecule has 3 rings (SSSR count). The van der Waals surface area contributed by atoms with Gasteiger partial charge in [-0.15, -0.1) is 0 Å². The normalized spacial score (nSPS) is 10.3. The Labute approximate surface area is 180 Å². The van der Waals surface area contributed by atoms with Crippen LogP contribution >= 0.6 is 0 Å². The number of pyridine rings is 1. The molecule has 0 bridgehead atoms. The Hall–Kier alpha value is -4.07. The summed E-state index contributed by atoms with van der Waals surface area (Å²) in [5, 5.41) is 8.56. The Morgan fingerprint density at radius 2 is 1.55 bits per heavy atom.